The summed E-state index contributed by atoms with van der Waals surface area (Å²) in [4.78, 5) is 13.3. The Balaban J connectivity index is 1.49. The number of hydrogen-bond acceptors (Lipinski definition) is 6. The molecular weight excluding hydrogens is 326 g/mol. The predicted octanol–water partition coefficient (Wildman–Crippen LogP) is 3.44. The molecule has 6 nitrogen and oxygen atoms in total. The van der Waals surface area contributed by atoms with Gasteiger partial charge in [-0.3, -0.25) is 4.98 Å². The van der Waals surface area contributed by atoms with Crippen molar-refractivity contribution in [3.8, 4) is 17.0 Å². The highest BCUT2D eigenvalue weighted by atomic mass is 16.5. The molecule has 1 aliphatic rings. The first-order valence-corrected chi connectivity index (χ1v) is 8.79. The molecule has 0 aliphatic heterocycles. The predicted molar refractivity (Wildman–Crippen MR) is 97.8 cm³/mol. The SMILES string of the molecule is Cc1ccc([C@H]2C[C@@H]2COc2nc(C)ncc2-c2cnnc(C)c2)nc1. The maximum absolute atomic E-state index is 6.08. The van der Waals surface area contributed by atoms with Crippen molar-refractivity contribution in [2.75, 3.05) is 6.61 Å². The Hall–Kier alpha value is -2.89. The van der Waals surface area contributed by atoms with Crippen molar-refractivity contribution in [1.82, 2.24) is 25.1 Å². The van der Waals surface area contributed by atoms with Crippen molar-refractivity contribution < 1.29 is 4.74 Å². The molecule has 3 heterocycles. The maximum atomic E-state index is 6.08. The Morgan fingerprint density at radius 1 is 1.08 bits per heavy atom. The van der Waals surface area contributed by atoms with Gasteiger partial charge in [-0.2, -0.15) is 15.2 Å². The van der Waals surface area contributed by atoms with Gasteiger partial charge in [-0.15, -0.1) is 0 Å². The van der Waals surface area contributed by atoms with Crippen LogP contribution in [-0.4, -0.2) is 31.8 Å². The quantitative estimate of drug-likeness (QED) is 0.704. The fourth-order valence-electron chi connectivity index (χ4n) is 3.06. The smallest absolute Gasteiger partial charge is 0.224 e. The molecule has 1 saturated carbocycles. The average molecular weight is 347 g/mol. The fourth-order valence-corrected chi connectivity index (χ4v) is 3.06. The second-order valence-corrected chi connectivity index (χ2v) is 6.90. The molecule has 0 N–H and O–H groups in total. The van der Waals surface area contributed by atoms with E-state index in [2.05, 4.69) is 44.2 Å². The largest absolute Gasteiger partial charge is 0.477 e. The van der Waals surface area contributed by atoms with Gasteiger partial charge in [0.25, 0.3) is 0 Å². The molecule has 132 valence electrons. The third-order valence-electron chi connectivity index (χ3n) is 4.63. The summed E-state index contributed by atoms with van der Waals surface area (Å²) < 4.78 is 6.08. The summed E-state index contributed by atoms with van der Waals surface area (Å²) >= 11 is 0. The zero-order chi connectivity index (χ0) is 18.1. The third-order valence-corrected chi connectivity index (χ3v) is 4.63. The van der Waals surface area contributed by atoms with E-state index < -0.39 is 0 Å². The molecule has 3 aromatic heterocycles. The topological polar surface area (TPSA) is 73.7 Å². The lowest BCUT2D eigenvalue weighted by molar-refractivity contribution is 0.285. The number of pyridine rings is 1. The number of aryl methyl sites for hydroxylation is 3. The molecule has 1 aliphatic carbocycles. The van der Waals surface area contributed by atoms with Crippen LogP contribution >= 0.6 is 0 Å². The Bertz CT molecular complexity index is 926. The summed E-state index contributed by atoms with van der Waals surface area (Å²) in [5, 5.41) is 8.03. The summed E-state index contributed by atoms with van der Waals surface area (Å²) in [5.41, 5.74) is 4.95. The molecule has 0 amide bonds. The molecule has 0 aromatic carbocycles. The Morgan fingerprint density at radius 3 is 2.73 bits per heavy atom. The number of nitrogens with zero attached hydrogens (tertiary/aromatic N) is 5. The number of rotatable bonds is 5. The van der Waals surface area contributed by atoms with Crippen molar-refractivity contribution in [3.63, 3.8) is 0 Å². The van der Waals surface area contributed by atoms with Crippen molar-refractivity contribution in [2.24, 2.45) is 5.92 Å². The van der Waals surface area contributed by atoms with E-state index in [0.29, 0.717) is 30.1 Å². The van der Waals surface area contributed by atoms with Crippen LogP contribution in [0.25, 0.3) is 11.1 Å². The molecule has 0 spiro atoms. The van der Waals surface area contributed by atoms with E-state index in [4.69, 9.17) is 4.74 Å². The summed E-state index contributed by atoms with van der Waals surface area (Å²) in [6.45, 7) is 6.46. The van der Waals surface area contributed by atoms with E-state index in [-0.39, 0.29) is 0 Å². The first-order chi connectivity index (χ1) is 12.6. The first kappa shape index (κ1) is 16.6. The molecule has 6 heteroatoms. The summed E-state index contributed by atoms with van der Waals surface area (Å²) in [5.74, 6) is 2.25. The molecule has 4 rings (SSSR count). The Labute approximate surface area is 152 Å². The van der Waals surface area contributed by atoms with Crippen molar-refractivity contribution in [3.05, 3.63) is 59.6 Å². The van der Waals surface area contributed by atoms with Gasteiger partial charge in [-0.25, -0.2) is 4.98 Å². The van der Waals surface area contributed by atoms with Crippen LogP contribution in [0.2, 0.25) is 0 Å². The van der Waals surface area contributed by atoms with Crippen molar-refractivity contribution in [2.45, 2.75) is 33.1 Å². The summed E-state index contributed by atoms with van der Waals surface area (Å²) in [6, 6.07) is 6.19. The number of ether oxygens (including phenoxy) is 1. The Kier molecular flexibility index (Phi) is 4.32. The van der Waals surface area contributed by atoms with Gasteiger partial charge in [0.15, 0.2) is 0 Å². The molecule has 0 unspecified atom stereocenters. The molecule has 0 radical (unpaired) electrons. The molecule has 3 aromatic rings. The van der Waals surface area contributed by atoms with Gasteiger partial charge in [0.1, 0.15) is 5.82 Å². The van der Waals surface area contributed by atoms with Gasteiger partial charge in [0, 0.05) is 35.5 Å². The minimum atomic E-state index is 0.477. The molecule has 0 bridgehead atoms. The number of hydrogen-bond donors (Lipinski definition) is 0. The Morgan fingerprint density at radius 2 is 1.96 bits per heavy atom. The van der Waals surface area contributed by atoms with E-state index in [9.17, 15) is 0 Å². The molecule has 1 fully saturated rings. The lowest BCUT2D eigenvalue weighted by atomic mass is 10.1. The van der Waals surface area contributed by atoms with E-state index in [1.165, 1.54) is 5.56 Å². The van der Waals surface area contributed by atoms with Crippen LogP contribution in [0.3, 0.4) is 0 Å². The van der Waals surface area contributed by atoms with Crippen molar-refractivity contribution in [1.29, 1.82) is 0 Å². The minimum absolute atomic E-state index is 0.477. The fraction of sp³-hybridized carbons (Fsp3) is 0.350. The van der Waals surface area contributed by atoms with Gasteiger partial charge >= 0.3 is 0 Å². The van der Waals surface area contributed by atoms with Crippen LogP contribution < -0.4 is 4.74 Å². The van der Waals surface area contributed by atoms with E-state index >= 15 is 0 Å². The lowest BCUT2D eigenvalue weighted by Crippen LogP contribution is -2.06. The van der Waals surface area contributed by atoms with Crippen LogP contribution in [-0.2, 0) is 0 Å². The highest BCUT2D eigenvalue weighted by Gasteiger charge is 2.40. The summed E-state index contributed by atoms with van der Waals surface area (Å²) in [7, 11) is 0. The third kappa shape index (κ3) is 3.54. The second-order valence-electron chi connectivity index (χ2n) is 6.90. The maximum Gasteiger partial charge on any atom is 0.224 e. The van der Waals surface area contributed by atoms with Crippen LogP contribution in [0.4, 0.5) is 0 Å². The zero-order valence-electron chi connectivity index (χ0n) is 15.2. The van der Waals surface area contributed by atoms with Gasteiger partial charge in [0.05, 0.1) is 24.1 Å². The van der Waals surface area contributed by atoms with Gasteiger partial charge in [0.2, 0.25) is 5.88 Å². The standard InChI is InChI=1S/C20H21N5O/c1-12-4-5-19(22-8-12)17-7-16(17)11-26-20-18(10-21-14(3)24-20)15-6-13(2)25-23-9-15/h4-6,8-10,16-17H,7,11H2,1-3H3/t16-,17+/m1/s1. The monoisotopic (exact) mass is 347 g/mol. The van der Waals surface area contributed by atoms with Crippen molar-refractivity contribution >= 4 is 0 Å². The minimum Gasteiger partial charge on any atom is -0.477 e. The highest BCUT2D eigenvalue weighted by molar-refractivity contribution is 5.66. The van der Waals surface area contributed by atoms with Crippen LogP contribution in [0.5, 0.6) is 5.88 Å². The number of aromatic nitrogens is 5. The van der Waals surface area contributed by atoms with E-state index in [1.807, 2.05) is 26.1 Å². The first-order valence-electron chi connectivity index (χ1n) is 8.79. The summed E-state index contributed by atoms with van der Waals surface area (Å²) in [6.07, 6.45) is 6.53. The van der Waals surface area contributed by atoms with E-state index in [1.54, 1.807) is 12.4 Å². The average Bonchev–Trinajstić information content (AvgIpc) is 3.40. The van der Waals surface area contributed by atoms with Gasteiger partial charge in [-0.05, 0) is 44.9 Å². The zero-order valence-corrected chi connectivity index (χ0v) is 15.2. The van der Waals surface area contributed by atoms with Crippen LogP contribution in [0, 0.1) is 26.7 Å². The molecule has 2 atom stereocenters. The second kappa shape index (κ2) is 6.78. The molecule has 26 heavy (non-hydrogen) atoms. The van der Waals surface area contributed by atoms with Crippen LogP contribution in [0.15, 0.2) is 36.8 Å². The molecular formula is C20H21N5O. The lowest BCUT2D eigenvalue weighted by Gasteiger charge is -2.11. The van der Waals surface area contributed by atoms with Crippen LogP contribution in [0.1, 0.15) is 35.1 Å². The molecule has 0 saturated heterocycles. The normalized spacial score (nSPS) is 18.6. The highest BCUT2D eigenvalue weighted by Crippen LogP contribution is 2.47. The van der Waals surface area contributed by atoms with Gasteiger partial charge in [-0.1, -0.05) is 6.07 Å². The van der Waals surface area contributed by atoms with E-state index in [0.717, 1.165) is 28.9 Å². The van der Waals surface area contributed by atoms with Gasteiger partial charge < -0.3 is 4.74 Å².